The van der Waals surface area contributed by atoms with E-state index in [1.807, 2.05) is 0 Å². The fraction of sp³-hybridized carbons (Fsp3) is 0.960. The Labute approximate surface area is 178 Å². The summed E-state index contributed by atoms with van der Waals surface area (Å²) in [6.45, 7) is 6.78. The number of aliphatic hydroxyl groups excluding tert-OH is 1. The molecule has 0 spiro atoms. The first kappa shape index (κ1) is 21.6. The molecule has 0 amide bonds. The fourth-order valence-electron chi connectivity index (χ4n) is 8.23. The van der Waals surface area contributed by atoms with E-state index in [1.54, 1.807) is 0 Å². The van der Waals surface area contributed by atoms with Gasteiger partial charge in [-0.15, -0.1) is 0 Å². The Kier molecular flexibility index (Phi) is 6.33. The van der Waals surface area contributed by atoms with Gasteiger partial charge in [-0.1, -0.05) is 19.0 Å². The molecule has 0 saturated heterocycles. The second kappa shape index (κ2) is 8.49. The molecule has 4 aliphatic carbocycles. The van der Waals surface area contributed by atoms with E-state index in [0.29, 0.717) is 17.4 Å². The van der Waals surface area contributed by atoms with Crippen molar-refractivity contribution in [3.63, 3.8) is 0 Å². The van der Waals surface area contributed by atoms with Crippen molar-refractivity contribution in [2.24, 2.45) is 45.6 Å². The Hall–Kier alpha value is -0.610. The van der Waals surface area contributed by atoms with Crippen LogP contribution in [-0.2, 0) is 4.84 Å². The molecule has 0 bridgehead atoms. The van der Waals surface area contributed by atoms with Gasteiger partial charge in [0, 0.05) is 12.8 Å². The lowest BCUT2D eigenvalue weighted by Crippen LogP contribution is -2.53. The van der Waals surface area contributed by atoms with E-state index < -0.39 is 0 Å². The highest BCUT2D eigenvalue weighted by Gasteiger charge is 2.59. The van der Waals surface area contributed by atoms with E-state index in [9.17, 15) is 5.11 Å². The van der Waals surface area contributed by atoms with Gasteiger partial charge >= 0.3 is 0 Å². The molecule has 4 aliphatic rings. The molecular formula is C25H44N2O2. The lowest BCUT2D eigenvalue weighted by Gasteiger charge is -2.61. The van der Waals surface area contributed by atoms with Crippen LogP contribution in [0.4, 0.5) is 0 Å². The van der Waals surface area contributed by atoms with E-state index in [2.05, 4.69) is 44.2 Å². The number of hydrogen-bond donors (Lipinski definition) is 1. The van der Waals surface area contributed by atoms with Crippen LogP contribution in [-0.4, -0.2) is 49.6 Å². The molecule has 0 unspecified atom stereocenters. The predicted octanol–water partition coefficient (Wildman–Crippen LogP) is 4.96. The molecule has 4 saturated carbocycles. The van der Waals surface area contributed by atoms with Gasteiger partial charge < -0.3 is 14.8 Å². The topological polar surface area (TPSA) is 45.1 Å². The van der Waals surface area contributed by atoms with Crippen LogP contribution in [0, 0.1) is 40.4 Å². The van der Waals surface area contributed by atoms with Gasteiger partial charge in [0.05, 0.1) is 6.10 Å². The molecule has 0 heterocycles. The monoisotopic (exact) mass is 404 g/mol. The van der Waals surface area contributed by atoms with Crippen molar-refractivity contribution in [3.05, 3.63) is 0 Å². The molecule has 4 heteroatoms. The summed E-state index contributed by atoms with van der Waals surface area (Å²) >= 11 is 0. The van der Waals surface area contributed by atoms with E-state index in [0.717, 1.165) is 55.4 Å². The van der Waals surface area contributed by atoms with Gasteiger partial charge in [0.2, 0.25) is 0 Å². The van der Waals surface area contributed by atoms with Crippen molar-refractivity contribution >= 4 is 6.21 Å². The van der Waals surface area contributed by atoms with Crippen molar-refractivity contribution in [1.82, 2.24) is 4.90 Å². The van der Waals surface area contributed by atoms with Crippen LogP contribution in [0.2, 0.25) is 0 Å². The first-order valence-corrected chi connectivity index (χ1v) is 12.3. The van der Waals surface area contributed by atoms with Crippen LogP contribution in [0.15, 0.2) is 5.16 Å². The lowest BCUT2D eigenvalue weighted by molar-refractivity contribution is -0.126. The zero-order valence-electron chi connectivity index (χ0n) is 19.3. The Morgan fingerprint density at radius 1 is 1.00 bits per heavy atom. The Balaban J connectivity index is 1.38. The quantitative estimate of drug-likeness (QED) is 0.387. The van der Waals surface area contributed by atoms with E-state index in [1.165, 1.54) is 44.9 Å². The molecule has 0 aliphatic heterocycles. The van der Waals surface area contributed by atoms with Gasteiger partial charge in [0.25, 0.3) is 0 Å². The van der Waals surface area contributed by atoms with Crippen LogP contribution in [0.5, 0.6) is 0 Å². The minimum Gasteiger partial charge on any atom is -0.395 e. The highest BCUT2D eigenvalue weighted by molar-refractivity contribution is 5.57. The number of likely N-dealkylation sites (N-methyl/N-ethyl adjacent to an activating group) is 1. The molecule has 0 aromatic carbocycles. The smallest absolute Gasteiger partial charge is 0.129 e. The molecule has 4 fully saturated rings. The third-order valence-corrected chi connectivity index (χ3v) is 10.0. The standard InChI is InChI=1S/C25H44N2O2/c1-24-13-10-23-21(7-5-19-17-20(28)9-12-25(19,23)2)22(24)8-6-18(24)11-14-26-29-16-15-27(3)4/h14,18-23,28H,5-13,15-17H2,1-4H3/b26-14+/t18-,19-,20+,21+,22+,23+,24-,25+/m1/s1. The zero-order valence-corrected chi connectivity index (χ0v) is 19.3. The van der Waals surface area contributed by atoms with Crippen LogP contribution in [0.3, 0.4) is 0 Å². The maximum atomic E-state index is 10.2. The van der Waals surface area contributed by atoms with Gasteiger partial charge in [-0.3, -0.25) is 0 Å². The Morgan fingerprint density at radius 3 is 2.55 bits per heavy atom. The van der Waals surface area contributed by atoms with Gasteiger partial charge in [-0.05, 0) is 119 Å². The molecule has 29 heavy (non-hydrogen) atoms. The summed E-state index contributed by atoms with van der Waals surface area (Å²) in [5, 5.41) is 14.5. The van der Waals surface area contributed by atoms with Crippen molar-refractivity contribution < 1.29 is 9.94 Å². The SMILES string of the molecule is CN(C)CCO/N=C/C[C@H]1CC[C@H]2[C@@H]3CC[C@@H]4C[C@@H](O)CC[C@]4(C)[C@H]3CC[C@]12C. The summed E-state index contributed by atoms with van der Waals surface area (Å²) in [5.41, 5.74) is 0.984. The number of rotatable bonds is 6. The fourth-order valence-corrected chi connectivity index (χ4v) is 8.23. The molecule has 1 N–H and O–H groups in total. The summed E-state index contributed by atoms with van der Waals surface area (Å²) in [5.74, 6) is 4.25. The van der Waals surface area contributed by atoms with Gasteiger partial charge in [0.15, 0.2) is 0 Å². The second-order valence-corrected chi connectivity index (χ2v) is 11.6. The molecule has 0 radical (unpaired) electrons. The summed E-state index contributed by atoms with van der Waals surface area (Å²) in [6.07, 6.45) is 14.8. The largest absolute Gasteiger partial charge is 0.395 e. The van der Waals surface area contributed by atoms with Crippen LogP contribution in [0.25, 0.3) is 0 Å². The van der Waals surface area contributed by atoms with E-state index in [-0.39, 0.29) is 6.10 Å². The van der Waals surface area contributed by atoms with Gasteiger partial charge in [-0.25, -0.2) is 0 Å². The second-order valence-electron chi connectivity index (χ2n) is 11.6. The summed E-state index contributed by atoms with van der Waals surface area (Å²) in [4.78, 5) is 7.57. The number of oxime groups is 1. The third-order valence-electron chi connectivity index (χ3n) is 10.0. The minimum absolute atomic E-state index is 0.0337. The van der Waals surface area contributed by atoms with Crippen molar-refractivity contribution in [3.8, 4) is 0 Å². The highest BCUT2D eigenvalue weighted by atomic mass is 16.6. The number of hydrogen-bond acceptors (Lipinski definition) is 4. The summed E-state index contributed by atoms with van der Waals surface area (Å²) < 4.78 is 0. The number of fused-ring (bicyclic) bond motifs is 5. The molecule has 8 atom stereocenters. The predicted molar refractivity (Wildman–Crippen MR) is 119 cm³/mol. The summed E-state index contributed by atoms with van der Waals surface area (Å²) in [7, 11) is 4.12. The molecular weight excluding hydrogens is 360 g/mol. The molecule has 4 nitrogen and oxygen atoms in total. The molecule has 166 valence electrons. The first-order valence-electron chi connectivity index (χ1n) is 12.3. The van der Waals surface area contributed by atoms with E-state index >= 15 is 0 Å². The molecule has 0 aromatic rings. The van der Waals surface area contributed by atoms with Crippen LogP contribution >= 0.6 is 0 Å². The average Bonchev–Trinajstić information content (AvgIpc) is 3.01. The van der Waals surface area contributed by atoms with Gasteiger partial charge in [0.1, 0.15) is 6.61 Å². The molecule has 4 rings (SSSR count). The first-order chi connectivity index (χ1) is 13.8. The Morgan fingerprint density at radius 2 is 1.76 bits per heavy atom. The maximum absolute atomic E-state index is 10.2. The highest BCUT2D eigenvalue weighted by Crippen LogP contribution is 2.67. The van der Waals surface area contributed by atoms with Crippen molar-refractivity contribution in [1.29, 1.82) is 0 Å². The average molecular weight is 405 g/mol. The molecule has 0 aromatic heterocycles. The van der Waals surface area contributed by atoms with Crippen LogP contribution < -0.4 is 0 Å². The normalized spacial score (nSPS) is 47.1. The van der Waals surface area contributed by atoms with Gasteiger partial charge in [-0.2, -0.15) is 0 Å². The third kappa shape index (κ3) is 4.01. The zero-order chi connectivity index (χ0) is 20.6. The minimum atomic E-state index is -0.0337. The van der Waals surface area contributed by atoms with E-state index in [4.69, 9.17) is 4.84 Å². The van der Waals surface area contributed by atoms with Crippen molar-refractivity contribution in [2.75, 3.05) is 27.2 Å². The number of nitrogens with zero attached hydrogens (tertiary/aromatic N) is 2. The summed E-state index contributed by atoms with van der Waals surface area (Å²) in [6, 6.07) is 0. The lowest BCUT2D eigenvalue weighted by atomic mass is 9.44. The number of aliphatic hydroxyl groups is 1. The van der Waals surface area contributed by atoms with Crippen LogP contribution in [0.1, 0.15) is 78.1 Å². The Bertz CT molecular complexity index is 593. The maximum Gasteiger partial charge on any atom is 0.129 e. The van der Waals surface area contributed by atoms with Crippen molar-refractivity contribution in [2.45, 2.75) is 84.2 Å².